The van der Waals surface area contributed by atoms with Crippen molar-refractivity contribution in [3.63, 3.8) is 0 Å². The topological polar surface area (TPSA) is 55.4 Å². The van der Waals surface area contributed by atoms with Crippen molar-refractivity contribution in [2.75, 3.05) is 11.8 Å². The highest BCUT2D eigenvalue weighted by Crippen LogP contribution is 2.34. The maximum absolute atomic E-state index is 13.7. The van der Waals surface area contributed by atoms with Crippen molar-refractivity contribution in [1.82, 2.24) is 0 Å². The largest absolute Gasteiger partial charge is 0.495 e. The lowest BCUT2D eigenvalue weighted by molar-refractivity contribution is 0.414. The fourth-order valence-corrected chi connectivity index (χ4v) is 3.72. The summed E-state index contributed by atoms with van der Waals surface area (Å²) in [4.78, 5) is -0.297. The summed E-state index contributed by atoms with van der Waals surface area (Å²) in [5, 5.41) is 0.0953. The molecule has 0 aliphatic rings. The number of sulfonamides is 1. The molecule has 0 saturated heterocycles. The molecule has 0 aliphatic heterocycles. The van der Waals surface area contributed by atoms with Crippen molar-refractivity contribution in [1.29, 1.82) is 0 Å². The van der Waals surface area contributed by atoms with Crippen molar-refractivity contribution in [3.05, 3.63) is 51.2 Å². The van der Waals surface area contributed by atoms with E-state index in [2.05, 4.69) is 4.72 Å². The monoisotopic (exact) mass is 383 g/mol. The fraction of sp³-hybridized carbons (Fsp3) is 0.0769. The van der Waals surface area contributed by atoms with Gasteiger partial charge < -0.3 is 4.74 Å². The van der Waals surface area contributed by atoms with Gasteiger partial charge in [0.25, 0.3) is 10.0 Å². The molecule has 0 fully saturated rings. The van der Waals surface area contributed by atoms with Crippen LogP contribution >= 0.6 is 34.8 Å². The minimum Gasteiger partial charge on any atom is -0.495 e. The van der Waals surface area contributed by atoms with E-state index in [0.29, 0.717) is 0 Å². The van der Waals surface area contributed by atoms with Crippen molar-refractivity contribution >= 4 is 50.5 Å². The first-order valence-electron chi connectivity index (χ1n) is 5.75. The summed E-state index contributed by atoms with van der Waals surface area (Å²) in [6, 6.07) is 5.93. The van der Waals surface area contributed by atoms with Crippen LogP contribution in [-0.2, 0) is 10.0 Å². The van der Waals surface area contributed by atoms with Gasteiger partial charge in [-0.2, -0.15) is 0 Å². The lowest BCUT2D eigenvalue weighted by atomic mass is 10.3. The molecule has 0 unspecified atom stereocenters. The predicted octanol–water partition coefficient (Wildman–Crippen LogP) is 4.60. The maximum atomic E-state index is 13.7. The van der Waals surface area contributed by atoms with Gasteiger partial charge in [0, 0.05) is 11.1 Å². The van der Waals surface area contributed by atoms with Gasteiger partial charge in [0.05, 0.1) is 22.8 Å². The molecule has 2 aromatic rings. The maximum Gasteiger partial charge on any atom is 0.263 e. The summed E-state index contributed by atoms with van der Waals surface area (Å²) in [7, 11) is -2.76. The number of methoxy groups -OCH3 is 1. The van der Waals surface area contributed by atoms with E-state index in [9.17, 15) is 12.8 Å². The summed E-state index contributed by atoms with van der Waals surface area (Å²) < 4.78 is 45.4. The third-order valence-corrected chi connectivity index (χ3v) is 5.03. The van der Waals surface area contributed by atoms with E-state index in [1.165, 1.54) is 25.3 Å². The van der Waals surface area contributed by atoms with E-state index in [1.807, 2.05) is 0 Å². The zero-order valence-corrected chi connectivity index (χ0v) is 14.1. The van der Waals surface area contributed by atoms with Crippen LogP contribution < -0.4 is 9.46 Å². The highest BCUT2D eigenvalue weighted by molar-refractivity contribution is 7.92. The highest BCUT2D eigenvalue weighted by atomic mass is 35.5. The zero-order chi connectivity index (χ0) is 16.5. The molecular formula is C13H9Cl3FNO3S. The number of ether oxygens (including phenoxy) is 1. The molecule has 0 bridgehead atoms. The Hall–Kier alpha value is -1.21. The molecule has 2 rings (SSSR count). The van der Waals surface area contributed by atoms with Crippen LogP contribution in [0.25, 0.3) is 0 Å². The van der Waals surface area contributed by atoms with E-state index < -0.39 is 15.8 Å². The first-order chi connectivity index (χ1) is 10.2. The SMILES string of the molecule is COc1cc(Cl)c(S(=O)(=O)Nc2ccc(Cl)cc2F)cc1Cl. The number of anilines is 1. The Morgan fingerprint density at radius 2 is 1.77 bits per heavy atom. The molecule has 0 aromatic heterocycles. The molecule has 0 spiro atoms. The molecule has 9 heteroatoms. The summed E-state index contributed by atoms with van der Waals surface area (Å²) in [5.41, 5.74) is -0.257. The normalized spacial score (nSPS) is 11.3. The Bertz CT molecular complexity index is 828. The second kappa shape index (κ2) is 6.50. The summed E-state index contributed by atoms with van der Waals surface area (Å²) in [5.74, 6) is -0.588. The van der Waals surface area contributed by atoms with Crippen molar-refractivity contribution < 1.29 is 17.5 Å². The van der Waals surface area contributed by atoms with E-state index in [1.54, 1.807) is 0 Å². The van der Waals surface area contributed by atoms with E-state index in [-0.39, 0.29) is 31.4 Å². The second-order valence-corrected chi connectivity index (χ2v) is 7.05. The Balaban J connectivity index is 2.45. The van der Waals surface area contributed by atoms with Gasteiger partial charge in [-0.3, -0.25) is 4.72 Å². The van der Waals surface area contributed by atoms with Crippen LogP contribution in [-0.4, -0.2) is 15.5 Å². The molecule has 0 radical (unpaired) electrons. The average Bonchev–Trinajstić information content (AvgIpc) is 2.43. The number of hydrogen-bond acceptors (Lipinski definition) is 3. The van der Waals surface area contributed by atoms with Gasteiger partial charge in [0.2, 0.25) is 0 Å². The molecule has 0 amide bonds. The third-order valence-electron chi connectivity index (χ3n) is 2.67. The summed E-state index contributed by atoms with van der Waals surface area (Å²) >= 11 is 17.4. The molecule has 1 N–H and O–H groups in total. The molecule has 0 atom stereocenters. The van der Waals surface area contributed by atoms with Gasteiger partial charge in [0.1, 0.15) is 16.5 Å². The van der Waals surface area contributed by atoms with Crippen LogP contribution in [0.3, 0.4) is 0 Å². The lowest BCUT2D eigenvalue weighted by Crippen LogP contribution is -2.14. The number of hydrogen-bond donors (Lipinski definition) is 1. The van der Waals surface area contributed by atoms with Crippen LogP contribution in [0.1, 0.15) is 0 Å². The summed E-state index contributed by atoms with van der Waals surface area (Å²) in [6.45, 7) is 0. The molecule has 22 heavy (non-hydrogen) atoms. The van der Waals surface area contributed by atoms with E-state index in [4.69, 9.17) is 39.5 Å². The predicted molar refractivity (Wildman–Crippen MR) is 85.2 cm³/mol. The quantitative estimate of drug-likeness (QED) is 0.838. The Labute approximate surface area is 141 Å². The van der Waals surface area contributed by atoms with Gasteiger partial charge in [0.15, 0.2) is 0 Å². The van der Waals surface area contributed by atoms with E-state index >= 15 is 0 Å². The van der Waals surface area contributed by atoms with Crippen molar-refractivity contribution in [2.24, 2.45) is 0 Å². The molecule has 0 heterocycles. The summed E-state index contributed by atoms with van der Waals surface area (Å²) in [6.07, 6.45) is 0. The average molecular weight is 385 g/mol. The zero-order valence-electron chi connectivity index (χ0n) is 11.0. The van der Waals surface area contributed by atoms with Gasteiger partial charge in [-0.25, -0.2) is 12.8 Å². The molecule has 0 saturated carbocycles. The van der Waals surface area contributed by atoms with Crippen molar-refractivity contribution in [2.45, 2.75) is 4.90 Å². The molecule has 2 aromatic carbocycles. The minimum atomic E-state index is -4.13. The first kappa shape index (κ1) is 17.1. The van der Waals surface area contributed by atoms with Crippen LogP contribution in [0.5, 0.6) is 5.75 Å². The number of halogens is 4. The van der Waals surface area contributed by atoms with Crippen LogP contribution in [0.4, 0.5) is 10.1 Å². The van der Waals surface area contributed by atoms with Gasteiger partial charge in [-0.15, -0.1) is 0 Å². The van der Waals surface area contributed by atoms with E-state index in [0.717, 1.165) is 12.1 Å². The molecule has 118 valence electrons. The molecular weight excluding hydrogens is 376 g/mol. The fourth-order valence-electron chi connectivity index (χ4n) is 1.64. The van der Waals surface area contributed by atoms with Gasteiger partial charge >= 0.3 is 0 Å². The highest BCUT2D eigenvalue weighted by Gasteiger charge is 2.22. The standard InChI is InChI=1S/C13H9Cl3FNO3S/c1-21-12-5-9(16)13(6-8(12)15)22(19,20)18-11-3-2-7(14)4-10(11)17/h2-6,18H,1H3. The van der Waals surface area contributed by atoms with Crippen molar-refractivity contribution in [3.8, 4) is 5.75 Å². The van der Waals surface area contributed by atoms with Crippen LogP contribution in [0, 0.1) is 5.82 Å². The smallest absolute Gasteiger partial charge is 0.263 e. The van der Waals surface area contributed by atoms with Gasteiger partial charge in [-0.05, 0) is 24.3 Å². The second-order valence-electron chi connectivity index (χ2n) is 4.15. The number of nitrogens with one attached hydrogen (secondary N) is 1. The third kappa shape index (κ3) is 3.57. The lowest BCUT2D eigenvalue weighted by Gasteiger charge is -2.12. The molecule has 4 nitrogen and oxygen atoms in total. The van der Waals surface area contributed by atoms with Crippen LogP contribution in [0.15, 0.2) is 35.2 Å². The minimum absolute atomic E-state index is 0.0591. The molecule has 0 aliphatic carbocycles. The van der Waals surface area contributed by atoms with Crippen LogP contribution in [0.2, 0.25) is 15.1 Å². The van der Waals surface area contributed by atoms with Gasteiger partial charge in [-0.1, -0.05) is 34.8 Å². The Kier molecular flexibility index (Phi) is 5.07. The number of benzene rings is 2. The first-order valence-corrected chi connectivity index (χ1v) is 8.37. The Morgan fingerprint density at radius 1 is 1.09 bits per heavy atom. The Morgan fingerprint density at radius 3 is 2.36 bits per heavy atom. The number of rotatable bonds is 4.